The van der Waals surface area contributed by atoms with Gasteiger partial charge in [0.05, 0.1) is 12.6 Å². The number of nitrogens with one attached hydrogen (secondary N) is 1. The van der Waals surface area contributed by atoms with Crippen molar-refractivity contribution in [2.24, 2.45) is 11.7 Å². The van der Waals surface area contributed by atoms with E-state index in [1.807, 2.05) is 13.8 Å². The Morgan fingerprint density at radius 3 is 2.33 bits per heavy atom. The van der Waals surface area contributed by atoms with Crippen LogP contribution in [0.4, 0.5) is 0 Å². The van der Waals surface area contributed by atoms with Gasteiger partial charge in [0.15, 0.2) is 0 Å². The van der Waals surface area contributed by atoms with Crippen molar-refractivity contribution in [2.75, 3.05) is 20.3 Å². The van der Waals surface area contributed by atoms with Gasteiger partial charge in [0, 0.05) is 13.2 Å². The number of nitrogens with two attached hydrogens (primary N) is 1. The Morgan fingerprint density at radius 2 is 1.89 bits per heavy atom. The van der Waals surface area contributed by atoms with Crippen molar-refractivity contribution in [3.8, 4) is 0 Å². The van der Waals surface area contributed by atoms with E-state index in [9.17, 15) is 9.59 Å². The summed E-state index contributed by atoms with van der Waals surface area (Å²) in [6, 6.07) is -0.661. The van der Waals surface area contributed by atoms with Crippen molar-refractivity contribution in [1.82, 2.24) is 5.32 Å². The third kappa shape index (κ3) is 3.43. The van der Waals surface area contributed by atoms with Crippen LogP contribution in [-0.2, 0) is 19.1 Å². The fraction of sp³-hybridized carbons (Fsp3) is 0.833. The molecule has 3 N–H and O–H groups in total. The Bertz CT molecular complexity index is 311. The summed E-state index contributed by atoms with van der Waals surface area (Å²) in [7, 11) is 1.30. The van der Waals surface area contributed by atoms with Gasteiger partial charge in [-0.2, -0.15) is 0 Å². The largest absolute Gasteiger partial charge is 0.467 e. The molecule has 0 aromatic carbocycles. The minimum absolute atomic E-state index is 0.0511. The van der Waals surface area contributed by atoms with Crippen molar-refractivity contribution in [2.45, 2.75) is 38.3 Å². The van der Waals surface area contributed by atoms with Crippen molar-refractivity contribution in [3.05, 3.63) is 0 Å². The summed E-state index contributed by atoms with van der Waals surface area (Å²) >= 11 is 0. The Kier molecular flexibility index (Phi) is 5.10. The first-order chi connectivity index (χ1) is 8.40. The Hall–Kier alpha value is -1.14. The first kappa shape index (κ1) is 14.9. The average molecular weight is 258 g/mol. The molecule has 0 radical (unpaired) electrons. The molecule has 0 aliphatic carbocycles. The van der Waals surface area contributed by atoms with E-state index in [1.54, 1.807) is 0 Å². The molecule has 6 heteroatoms. The molecular formula is C12H22N2O4. The fourth-order valence-electron chi connectivity index (χ4n) is 1.87. The summed E-state index contributed by atoms with van der Waals surface area (Å²) in [5.74, 6) is -0.811. The van der Waals surface area contributed by atoms with Crippen LogP contribution in [0.2, 0.25) is 0 Å². The third-order valence-corrected chi connectivity index (χ3v) is 3.25. The van der Waals surface area contributed by atoms with Crippen molar-refractivity contribution < 1.29 is 19.1 Å². The topological polar surface area (TPSA) is 90.7 Å². The number of amides is 1. The molecule has 1 amide bonds. The molecule has 1 aliphatic rings. The van der Waals surface area contributed by atoms with Gasteiger partial charge in [0.25, 0.3) is 0 Å². The first-order valence-corrected chi connectivity index (χ1v) is 6.16. The number of ether oxygens (including phenoxy) is 2. The summed E-state index contributed by atoms with van der Waals surface area (Å²) in [5, 5.41) is 2.68. The monoisotopic (exact) mass is 258 g/mol. The van der Waals surface area contributed by atoms with E-state index in [0.717, 1.165) is 0 Å². The number of carbonyl (C=O) groups excluding carboxylic acids is 2. The van der Waals surface area contributed by atoms with Crippen LogP contribution in [-0.4, -0.2) is 43.8 Å². The maximum Gasteiger partial charge on any atom is 0.328 e. The second-order valence-electron chi connectivity index (χ2n) is 4.99. The smallest absolute Gasteiger partial charge is 0.328 e. The minimum atomic E-state index is -0.945. The van der Waals surface area contributed by atoms with E-state index in [1.165, 1.54) is 7.11 Å². The molecular weight excluding hydrogens is 236 g/mol. The van der Waals surface area contributed by atoms with Crippen LogP contribution in [0.5, 0.6) is 0 Å². The van der Waals surface area contributed by atoms with Crippen LogP contribution >= 0.6 is 0 Å². The Labute approximate surface area is 107 Å². The van der Waals surface area contributed by atoms with Crippen LogP contribution in [0.3, 0.4) is 0 Å². The summed E-state index contributed by atoms with van der Waals surface area (Å²) in [6.45, 7) is 4.62. The molecule has 1 atom stereocenters. The maximum absolute atomic E-state index is 12.2. The predicted octanol–water partition coefficient (Wildman–Crippen LogP) is -0.192. The molecule has 1 fully saturated rings. The van der Waals surface area contributed by atoms with Gasteiger partial charge in [0.2, 0.25) is 5.91 Å². The van der Waals surface area contributed by atoms with E-state index in [2.05, 4.69) is 10.1 Å². The summed E-state index contributed by atoms with van der Waals surface area (Å²) in [4.78, 5) is 23.7. The van der Waals surface area contributed by atoms with E-state index in [-0.39, 0.29) is 11.8 Å². The number of hydrogen-bond acceptors (Lipinski definition) is 5. The molecule has 0 bridgehead atoms. The van der Waals surface area contributed by atoms with Crippen LogP contribution < -0.4 is 11.1 Å². The molecule has 104 valence electrons. The van der Waals surface area contributed by atoms with Crippen LogP contribution in [0.1, 0.15) is 26.7 Å². The van der Waals surface area contributed by atoms with Gasteiger partial charge in [-0.1, -0.05) is 13.8 Å². The first-order valence-electron chi connectivity index (χ1n) is 6.16. The fourth-order valence-corrected chi connectivity index (χ4v) is 1.87. The molecule has 6 nitrogen and oxygen atoms in total. The molecule has 1 aliphatic heterocycles. The van der Waals surface area contributed by atoms with Crippen LogP contribution in [0, 0.1) is 5.92 Å². The van der Waals surface area contributed by atoms with Crippen molar-refractivity contribution in [1.29, 1.82) is 0 Å². The van der Waals surface area contributed by atoms with E-state index < -0.39 is 17.6 Å². The lowest BCUT2D eigenvalue weighted by molar-refractivity contribution is -0.147. The molecule has 1 heterocycles. The Morgan fingerprint density at radius 1 is 1.33 bits per heavy atom. The highest BCUT2D eigenvalue weighted by Gasteiger charge is 2.38. The third-order valence-electron chi connectivity index (χ3n) is 3.25. The van der Waals surface area contributed by atoms with E-state index in [4.69, 9.17) is 10.5 Å². The lowest BCUT2D eigenvalue weighted by Crippen LogP contribution is -2.60. The summed E-state index contributed by atoms with van der Waals surface area (Å²) in [6.07, 6.45) is 0.926. The van der Waals surface area contributed by atoms with Gasteiger partial charge in [0.1, 0.15) is 6.04 Å². The van der Waals surface area contributed by atoms with E-state index >= 15 is 0 Å². The lowest BCUT2D eigenvalue weighted by Gasteiger charge is -2.33. The zero-order valence-corrected chi connectivity index (χ0v) is 11.2. The highest BCUT2D eigenvalue weighted by Crippen LogP contribution is 2.18. The number of hydrogen-bond donors (Lipinski definition) is 2. The molecule has 0 aromatic rings. The number of esters is 1. The van der Waals surface area contributed by atoms with Crippen LogP contribution in [0.25, 0.3) is 0 Å². The SMILES string of the molecule is COC(=O)[C@@H](NC(=O)C1(N)CCOCC1)C(C)C. The van der Waals surface area contributed by atoms with Gasteiger partial charge in [-0.25, -0.2) is 4.79 Å². The molecule has 0 spiro atoms. The summed E-state index contributed by atoms with van der Waals surface area (Å²) < 4.78 is 9.86. The Balaban J connectivity index is 2.68. The average Bonchev–Trinajstić information content (AvgIpc) is 2.35. The van der Waals surface area contributed by atoms with Crippen molar-refractivity contribution in [3.63, 3.8) is 0 Å². The zero-order valence-electron chi connectivity index (χ0n) is 11.2. The standard InChI is InChI=1S/C12H22N2O4/c1-8(2)9(10(15)17-3)14-11(16)12(13)4-6-18-7-5-12/h8-9H,4-7,13H2,1-3H3,(H,14,16)/t9-/m0/s1. The second-order valence-corrected chi connectivity index (χ2v) is 4.99. The van der Waals surface area contributed by atoms with E-state index in [0.29, 0.717) is 26.1 Å². The van der Waals surface area contributed by atoms with Gasteiger partial charge in [-0.15, -0.1) is 0 Å². The second kappa shape index (κ2) is 6.15. The summed E-state index contributed by atoms with van der Waals surface area (Å²) in [5.41, 5.74) is 5.10. The highest BCUT2D eigenvalue weighted by atomic mass is 16.5. The van der Waals surface area contributed by atoms with Gasteiger partial charge < -0.3 is 20.5 Å². The van der Waals surface area contributed by atoms with Gasteiger partial charge in [-0.05, 0) is 18.8 Å². The number of methoxy groups -OCH3 is 1. The van der Waals surface area contributed by atoms with Crippen LogP contribution in [0.15, 0.2) is 0 Å². The van der Waals surface area contributed by atoms with Crippen molar-refractivity contribution >= 4 is 11.9 Å². The molecule has 0 aromatic heterocycles. The molecule has 18 heavy (non-hydrogen) atoms. The maximum atomic E-state index is 12.2. The predicted molar refractivity (Wildman–Crippen MR) is 65.8 cm³/mol. The quantitative estimate of drug-likeness (QED) is 0.682. The molecule has 0 unspecified atom stereocenters. The number of rotatable bonds is 4. The van der Waals surface area contributed by atoms with Gasteiger partial charge >= 0.3 is 5.97 Å². The lowest BCUT2D eigenvalue weighted by atomic mass is 9.89. The normalized spacial score (nSPS) is 20.3. The minimum Gasteiger partial charge on any atom is -0.467 e. The zero-order chi connectivity index (χ0) is 13.8. The molecule has 1 saturated heterocycles. The number of carbonyl (C=O) groups is 2. The molecule has 1 rings (SSSR count). The van der Waals surface area contributed by atoms with Gasteiger partial charge in [-0.3, -0.25) is 4.79 Å². The molecule has 0 saturated carbocycles. The highest BCUT2D eigenvalue weighted by molar-refractivity contribution is 5.90.